The minimum atomic E-state index is -0.960. The molecule has 1 aromatic carbocycles. The van der Waals surface area contributed by atoms with Gasteiger partial charge in [0.15, 0.2) is 5.13 Å². The Kier molecular flexibility index (Phi) is 6.61. The van der Waals surface area contributed by atoms with E-state index in [1.807, 2.05) is 0 Å². The zero-order valence-corrected chi connectivity index (χ0v) is 14.9. The van der Waals surface area contributed by atoms with Gasteiger partial charge in [-0.1, -0.05) is 12.1 Å². The van der Waals surface area contributed by atoms with Crippen LogP contribution in [-0.2, 0) is 27.4 Å². The van der Waals surface area contributed by atoms with Crippen LogP contribution in [-0.4, -0.2) is 41.9 Å². The smallest absolute Gasteiger partial charge is 0.396 e. The fourth-order valence-corrected chi connectivity index (χ4v) is 2.66. The lowest BCUT2D eigenvalue weighted by molar-refractivity contribution is -0.157. The van der Waals surface area contributed by atoms with Crippen molar-refractivity contribution in [1.82, 2.24) is 15.2 Å². The molecular weight excluding hydrogens is 363 g/mol. The maximum absolute atomic E-state index is 13.1. The second kappa shape index (κ2) is 8.90. The maximum Gasteiger partial charge on any atom is 0.396 e. The first-order valence-electron chi connectivity index (χ1n) is 7.46. The molecule has 3 amide bonds. The summed E-state index contributed by atoms with van der Waals surface area (Å²) in [7, 11) is 2.57. The van der Waals surface area contributed by atoms with E-state index in [9.17, 15) is 18.8 Å². The molecule has 1 heterocycles. The summed E-state index contributed by atoms with van der Waals surface area (Å²) in [5.74, 6) is -2.12. The van der Waals surface area contributed by atoms with Crippen LogP contribution in [0.1, 0.15) is 11.3 Å². The Hall–Kier alpha value is -3.01. The number of aromatic nitrogens is 1. The normalized spacial score (nSPS) is 10.1. The van der Waals surface area contributed by atoms with Crippen LogP contribution in [0.2, 0.25) is 0 Å². The van der Waals surface area contributed by atoms with E-state index in [4.69, 9.17) is 0 Å². The van der Waals surface area contributed by atoms with Crippen LogP contribution < -0.4 is 10.6 Å². The molecule has 1 aromatic heterocycles. The molecule has 0 fully saturated rings. The quantitative estimate of drug-likeness (QED) is 0.608. The molecule has 0 saturated carbocycles. The number of carbonyl (C=O) groups excluding carboxylic acids is 3. The van der Waals surface area contributed by atoms with Crippen LogP contribution in [0.3, 0.4) is 0 Å². The number of nitrogens with one attached hydrogen (secondary N) is 2. The first kappa shape index (κ1) is 19.3. The van der Waals surface area contributed by atoms with Crippen molar-refractivity contribution >= 4 is 34.4 Å². The highest BCUT2D eigenvalue weighted by Crippen LogP contribution is 2.16. The fraction of sp³-hybridized carbons (Fsp3) is 0.250. The van der Waals surface area contributed by atoms with Gasteiger partial charge in [-0.2, -0.15) is 0 Å². The Labute approximate surface area is 153 Å². The molecule has 10 heteroatoms. The van der Waals surface area contributed by atoms with Crippen LogP contribution in [0.4, 0.5) is 14.3 Å². The fourth-order valence-electron chi connectivity index (χ4n) is 1.97. The summed E-state index contributed by atoms with van der Waals surface area (Å²) in [6, 6.07) is 5.41. The van der Waals surface area contributed by atoms with Crippen molar-refractivity contribution in [3.8, 4) is 0 Å². The monoisotopic (exact) mass is 380 g/mol. The van der Waals surface area contributed by atoms with Gasteiger partial charge >= 0.3 is 17.9 Å². The molecule has 0 aliphatic rings. The Bertz CT molecular complexity index is 811. The Morgan fingerprint density at radius 1 is 1.35 bits per heavy atom. The molecule has 2 rings (SSSR count). The van der Waals surface area contributed by atoms with Gasteiger partial charge in [0, 0.05) is 19.0 Å². The van der Waals surface area contributed by atoms with Crippen LogP contribution >= 0.6 is 11.3 Å². The van der Waals surface area contributed by atoms with Gasteiger partial charge in [-0.15, -0.1) is 11.3 Å². The van der Waals surface area contributed by atoms with Gasteiger partial charge in [0.1, 0.15) is 5.82 Å². The van der Waals surface area contributed by atoms with Crippen molar-refractivity contribution in [3.63, 3.8) is 0 Å². The maximum atomic E-state index is 13.1. The number of rotatable bonds is 5. The molecule has 0 atom stereocenters. The predicted molar refractivity (Wildman–Crippen MR) is 92.9 cm³/mol. The van der Waals surface area contributed by atoms with Gasteiger partial charge in [0.2, 0.25) is 0 Å². The Morgan fingerprint density at radius 3 is 2.81 bits per heavy atom. The number of ether oxygens (including phenoxy) is 1. The van der Waals surface area contributed by atoms with Gasteiger partial charge in [-0.3, -0.25) is 10.1 Å². The molecular formula is C16H17FN4O4S. The van der Waals surface area contributed by atoms with Gasteiger partial charge in [-0.25, -0.2) is 19.0 Å². The minimum Gasteiger partial charge on any atom is -0.462 e. The number of carbonyl (C=O) groups is 3. The van der Waals surface area contributed by atoms with E-state index in [0.29, 0.717) is 16.4 Å². The number of amides is 3. The number of urea groups is 1. The summed E-state index contributed by atoms with van der Waals surface area (Å²) in [4.78, 5) is 40.0. The number of nitrogens with zero attached hydrogens (tertiary/aromatic N) is 2. The average Bonchev–Trinajstić information content (AvgIpc) is 3.05. The lowest BCUT2D eigenvalue weighted by Crippen LogP contribution is -2.33. The zero-order chi connectivity index (χ0) is 19.1. The van der Waals surface area contributed by atoms with E-state index < -0.39 is 17.9 Å². The number of benzene rings is 1. The highest BCUT2D eigenvalue weighted by Gasteiger charge is 2.20. The minimum absolute atomic E-state index is 0.0943. The number of likely N-dealkylation sites (N-methyl/N-ethyl adjacent to an activating group) is 1. The molecule has 0 aliphatic carbocycles. The SMILES string of the molecule is COC(=O)C(=O)N(C)Cc1csc(NC(=O)NCc2cccc(F)c2)n1. The second-order valence-electron chi connectivity index (χ2n) is 5.23. The first-order chi connectivity index (χ1) is 12.4. The first-order valence-corrected chi connectivity index (χ1v) is 8.34. The Morgan fingerprint density at radius 2 is 2.12 bits per heavy atom. The predicted octanol–water partition coefficient (Wildman–Crippen LogP) is 1.74. The third-order valence-corrected chi connectivity index (χ3v) is 4.03. The molecule has 26 heavy (non-hydrogen) atoms. The van der Waals surface area contributed by atoms with Crippen molar-refractivity contribution in [2.24, 2.45) is 0 Å². The molecule has 2 aromatic rings. The van der Waals surface area contributed by atoms with Crippen LogP contribution in [0, 0.1) is 5.82 Å². The molecule has 0 aliphatic heterocycles. The summed E-state index contributed by atoms with van der Waals surface area (Å²) in [6.07, 6.45) is 0. The summed E-state index contributed by atoms with van der Waals surface area (Å²) >= 11 is 1.17. The van der Waals surface area contributed by atoms with Gasteiger partial charge in [-0.05, 0) is 17.7 Å². The van der Waals surface area contributed by atoms with E-state index in [1.165, 1.54) is 30.5 Å². The van der Waals surface area contributed by atoms with Crippen molar-refractivity contribution < 1.29 is 23.5 Å². The van der Waals surface area contributed by atoms with Gasteiger partial charge < -0.3 is 15.0 Å². The summed E-state index contributed by atoms with van der Waals surface area (Å²) in [5, 5.41) is 7.13. The number of methoxy groups -OCH3 is 1. The van der Waals surface area contributed by atoms with E-state index in [1.54, 1.807) is 17.5 Å². The second-order valence-corrected chi connectivity index (χ2v) is 6.09. The number of esters is 1. The van der Waals surface area contributed by atoms with Crippen LogP contribution in [0.25, 0.3) is 0 Å². The molecule has 0 radical (unpaired) electrons. The van der Waals surface area contributed by atoms with E-state index in [-0.39, 0.29) is 18.9 Å². The lowest BCUT2D eigenvalue weighted by Gasteiger charge is -2.13. The van der Waals surface area contributed by atoms with Crippen molar-refractivity contribution in [1.29, 1.82) is 0 Å². The summed E-state index contributed by atoms with van der Waals surface area (Å²) < 4.78 is 17.4. The number of anilines is 1. The lowest BCUT2D eigenvalue weighted by atomic mass is 10.2. The van der Waals surface area contributed by atoms with E-state index >= 15 is 0 Å². The highest BCUT2D eigenvalue weighted by molar-refractivity contribution is 7.13. The number of hydrogen-bond acceptors (Lipinski definition) is 6. The zero-order valence-electron chi connectivity index (χ0n) is 14.1. The van der Waals surface area contributed by atoms with Gasteiger partial charge in [0.25, 0.3) is 0 Å². The third kappa shape index (κ3) is 5.52. The third-order valence-electron chi connectivity index (χ3n) is 3.22. The molecule has 0 unspecified atom stereocenters. The van der Waals surface area contributed by atoms with Crippen molar-refractivity contribution in [3.05, 3.63) is 46.7 Å². The van der Waals surface area contributed by atoms with Crippen LogP contribution in [0.15, 0.2) is 29.6 Å². The topological polar surface area (TPSA) is 101 Å². The molecule has 0 saturated heterocycles. The van der Waals surface area contributed by atoms with Crippen molar-refractivity contribution in [2.45, 2.75) is 13.1 Å². The summed E-state index contributed by atoms with van der Waals surface area (Å²) in [6.45, 7) is 0.259. The largest absolute Gasteiger partial charge is 0.462 e. The number of thiazole rings is 1. The number of hydrogen-bond donors (Lipinski definition) is 2. The van der Waals surface area contributed by atoms with Crippen LogP contribution in [0.5, 0.6) is 0 Å². The molecule has 0 bridgehead atoms. The molecule has 8 nitrogen and oxygen atoms in total. The molecule has 2 N–H and O–H groups in total. The average molecular weight is 380 g/mol. The molecule has 138 valence electrons. The number of halogens is 1. The standard InChI is InChI=1S/C16H17FN4O4S/c1-21(13(22)14(23)25-2)8-12-9-26-16(19-12)20-15(24)18-7-10-4-3-5-11(17)6-10/h3-6,9H,7-8H2,1-2H3,(H2,18,19,20,24). The Balaban J connectivity index is 1.84. The van der Waals surface area contributed by atoms with Gasteiger partial charge in [0.05, 0.1) is 19.3 Å². The molecule has 0 spiro atoms. The van der Waals surface area contributed by atoms with E-state index in [0.717, 1.165) is 12.0 Å². The summed E-state index contributed by atoms with van der Waals surface area (Å²) in [5.41, 5.74) is 1.14. The van der Waals surface area contributed by atoms with Crippen molar-refractivity contribution in [2.75, 3.05) is 19.5 Å². The van der Waals surface area contributed by atoms with E-state index in [2.05, 4.69) is 20.4 Å². The highest BCUT2D eigenvalue weighted by atomic mass is 32.1.